The van der Waals surface area contributed by atoms with Crippen molar-refractivity contribution >= 4 is 28.5 Å². The molecule has 0 spiro atoms. The van der Waals surface area contributed by atoms with Gasteiger partial charge in [-0.1, -0.05) is 18.2 Å². The van der Waals surface area contributed by atoms with Gasteiger partial charge in [-0.3, -0.25) is 19.2 Å². The molecule has 0 radical (unpaired) electrons. The standard InChI is InChI=1S/C22H26N6O2/c1-15-13-18(20-16(2)25-26(3)21(20)23-15)22(30)28-11-9-27(10-12-28)14-19(29)24-17-7-5-4-6-8-17/h4-8,13H,9-12,14H2,1-3H3,(H,24,29). The maximum Gasteiger partial charge on any atom is 0.254 e. The molecule has 1 aromatic carbocycles. The molecule has 8 nitrogen and oxygen atoms in total. The number of carbonyl (C=O) groups excluding carboxylic acids is 2. The average molecular weight is 406 g/mol. The van der Waals surface area contributed by atoms with Crippen molar-refractivity contribution < 1.29 is 9.59 Å². The number of hydrogen-bond acceptors (Lipinski definition) is 5. The molecule has 1 saturated heterocycles. The number of aryl methyl sites for hydroxylation is 3. The molecule has 8 heteroatoms. The molecule has 0 aliphatic carbocycles. The molecule has 156 valence electrons. The molecule has 3 heterocycles. The summed E-state index contributed by atoms with van der Waals surface area (Å²) in [6, 6.07) is 11.3. The normalized spacial score (nSPS) is 14.8. The predicted octanol–water partition coefficient (Wildman–Crippen LogP) is 1.98. The number of fused-ring (bicyclic) bond motifs is 1. The van der Waals surface area contributed by atoms with Gasteiger partial charge in [-0.25, -0.2) is 4.98 Å². The van der Waals surface area contributed by atoms with Crippen LogP contribution in [0, 0.1) is 13.8 Å². The number of amides is 2. The predicted molar refractivity (Wildman–Crippen MR) is 115 cm³/mol. The van der Waals surface area contributed by atoms with Crippen molar-refractivity contribution in [2.75, 3.05) is 38.0 Å². The summed E-state index contributed by atoms with van der Waals surface area (Å²) in [7, 11) is 1.84. The lowest BCUT2D eigenvalue weighted by Gasteiger charge is -2.34. The molecule has 0 saturated carbocycles. The fourth-order valence-electron chi connectivity index (χ4n) is 3.94. The number of hydrogen-bond donors (Lipinski definition) is 1. The first-order valence-electron chi connectivity index (χ1n) is 10.1. The van der Waals surface area contributed by atoms with Gasteiger partial charge in [0.2, 0.25) is 5.91 Å². The highest BCUT2D eigenvalue weighted by molar-refractivity contribution is 6.06. The maximum atomic E-state index is 13.3. The Morgan fingerprint density at radius 2 is 1.77 bits per heavy atom. The highest BCUT2D eigenvalue weighted by Gasteiger charge is 2.26. The fourth-order valence-corrected chi connectivity index (χ4v) is 3.94. The largest absolute Gasteiger partial charge is 0.336 e. The second-order valence-corrected chi connectivity index (χ2v) is 7.70. The van der Waals surface area contributed by atoms with Crippen LogP contribution in [-0.4, -0.2) is 69.1 Å². The third-order valence-corrected chi connectivity index (χ3v) is 5.41. The van der Waals surface area contributed by atoms with Crippen LogP contribution >= 0.6 is 0 Å². The highest BCUT2D eigenvalue weighted by atomic mass is 16.2. The van der Waals surface area contributed by atoms with Gasteiger partial charge in [-0.2, -0.15) is 5.10 Å². The van der Waals surface area contributed by atoms with Gasteiger partial charge in [0.25, 0.3) is 5.91 Å². The van der Waals surface area contributed by atoms with Crippen LogP contribution in [0.25, 0.3) is 11.0 Å². The SMILES string of the molecule is Cc1cc(C(=O)N2CCN(CC(=O)Nc3ccccc3)CC2)c2c(C)nn(C)c2n1. The lowest BCUT2D eigenvalue weighted by Crippen LogP contribution is -2.50. The Morgan fingerprint density at radius 1 is 1.07 bits per heavy atom. The van der Waals surface area contributed by atoms with E-state index in [1.54, 1.807) is 4.68 Å². The number of pyridine rings is 1. The molecule has 3 aromatic rings. The van der Waals surface area contributed by atoms with Gasteiger partial charge >= 0.3 is 0 Å². The summed E-state index contributed by atoms with van der Waals surface area (Å²) in [5.74, 6) is -0.0478. The highest BCUT2D eigenvalue weighted by Crippen LogP contribution is 2.23. The van der Waals surface area contributed by atoms with E-state index in [1.165, 1.54) is 0 Å². The zero-order valence-corrected chi connectivity index (χ0v) is 17.6. The topological polar surface area (TPSA) is 83.4 Å². The number of nitrogens with one attached hydrogen (secondary N) is 1. The lowest BCUT2D eigenvalue weighted by molar-refractivity contribution is -0.117. The fraction of sp³-hybridized carbons (Fsp3) is 0.364. The van der Waals surface area contributed by atoms with Gasteiger partial charge in [0, 0.05) is 44.6 Å². The van der Waals surface area contributed by atoms with Crippen LogP contribution in [0.4, 0.5) is 5.69 Å². The van der Waals surface area contributed by atoms with Crippen molar-refractivity contribution in [3.8, 4) is 0 Å². The van der Waals surface area contributed by atoms with E-state index in [0.717, 1.165) is 28.1 Å². The zero-order valence-electron chi connectivity index (χ0n) is 17.6. The second-order valence-electron chi connectivity index (χ2n) is 7.70. The lowest BCUT2D eigenvalue weighted by atomic mass is 10.1. The number of rotatable bonds is 4. The van der Waals surface area contributed by atoms with Crippen LogP contribution < -0.4 is 5.32 Å². The van der Waals surface area contributed by atoms with Crippen LogP contribution in [-0.2, 0) is 11.8 Å². The van der Waals surface area contributed by atoms with Crippen molar-refractivity contribution in [2.24, 2.45) is 7.05 Å². The molecule has 1 fully saturated rings. The number of carbonyl (C=O) groups is 2. The van der Waals surface area contributed by atoms with Gasteiger partial charge in [-0.15, -0.1) is 0 Å². The molecule has 2 amide bonds. The van der Waals surface area contributed by atoms with E-state index in [2.05, 4.69) is 20.3 Å². The van der Waals surface area contributed by atoms with Gasteiger partial charge < -0.3 is 10.2 Å². The minimum Gasteiger partial charge on any atom is -0.336 e. The van der Waals surface area contributed by atoms with Crippen molar-refractivity contribution in [1.29, 1.82) is 0 Å². The number of anilines is 1. The molecule has 1 aliphatic heterocycles. The van der Waals surface area contributed by atoms with E-state index < -0.39 is 0 Å². The third-order valence-electron chi connectivity index (χ3n) is 5.41. The first-order chi connectivity index (χ1) is 14.4. The van der Waals surface area contributed by atoms with E-state index in [0.29, 0.717) is 38.3 Å². The van der Waals surface area contributed by atoms with Crippen LogP contribution in [0.3, 0.4) is 0 Å². The summed E-state index contributed by atoms with van der Waals surface area (Å²) < 4.78 is 1.72. The number of aromatic nitrogens is 3. The minimum atomic E-state index is -0.0431. The monoisotopic (exact) mass is 406 g/mol. The van der Waals surface area contributed by atoms with Gasteiger partial charge in [-0.05, 0) is 32.0 Å². The van der Waals surface area contributed by atoms with Crippen molar-refractivity contribution in [2.45, 2.75) is 13.8 Å². The number of piperazine rings is 1. The van der Waals surface area contributed by atoms with E-state index in [4.69, 9.17) is 0 Å². The number of para-hydroxylation sites is 1. The van der Waals surface area contributed by atoms with Crippen molar-refractivity contribution in [3.63, 3.8) is 0 Å². The summed E-state index contributed by atoms with van der Waals surface area (Å²) in [6.45, 7) is 6.60. The Labute approximate surface area is 175 Å². The van der Waals surface area contributed by atoms with Crippen LogP contribution in [0.1, 0.15) is 21.7 Å². The smallest absolute Gasteiger partial charge is 0.254 e. The number of nitrogens with zero attached hydrogens (tertiary/aromatic N) is 5. The molecule has 30 heavy (non-hydrogen) atoms. The minimum absolute atomic E-state index is 0.00464. The Hall–Kier alpha value is -3.26. The van der Waals surface area contributed by atoms with E-state index in [-0.39, 0.29) is 11.8 Å². The van der Waals surface area contributed by atoms with Gasteiger partial charge in [0.15, 0.2) is 5.65 Å². The van der Waals surface area contributed by atoms with E-state index in [9.17, 15) is 9.59 Å². The Bertz CT molecular complexity index is 1080. The zero-order chi connectivity index (χ0) is 21.3. The molecular formula is C22H26N6O2. The molecular weight excluding hydrogens is 380 g/mol. The van der Waals surface area contributed by atoms with Crippen LogP contribution in [0.15, 0.2) is 36.4 Å². The Kier molecular flexibility index (Phi) is 5.50. The molecule has 4 rings (SSSR count). The second kappa shape index (κ2) is 8.23. The molecule has 1 N–H and O–H groups in total. The third kappa shape index (κ3) is 4.04. The maximum absolute atomic E-state index is 13.3. The average Bonchev–Trinajstić information content (AvgIpc) is 3.01. The van der Waals surface area contributed by atoms with E-state index in [1.807, 2.05) is 62.2 Å². The Morgan fingerprint density at radius 3 is 2.47 bits per heavy atom. The summed E-state index contributed by atoms with van der Waals surface area (Å²) in [5.41, 5.74) is 3.77. The molecule has 0 bridgehead atoms. The summed E-state index contributed by atoms with van der Waals surface area (Å²) in [6.07, 6.45) is 0. The quantitative estimate of drug-likeness (QED) is 0.716. The van der Waals surface area contributed by atoms with Crippen LogP contribution in [0.5, 0.6) is 0 Å². The summed E-state index contributed by atoms with van der Waals surface area (Å²) >= 11 is 0. The molecule has 2 aromatic heterocycles. The van der Waals surface area contributed by atoms with E-state index >= 15 is 0 Å². The first kappa shape index (κ1) is 20.0. The first-order valence-corrected chi connectivity index (χ1v) is 10.1. The Balaban J connectivity index is 1.40. The molecule has 1 aliphatic rings. The summed E-state index contributed by atoms with van der Waals surface area (Å²) in [4.78, 5) is 34.0. The molecule has 0 unspecified atom stereocenters. The van der Waals surface area contributed by atoms with Crippen LogP contribution in [0.2, 0.25) is 0 Å². The van der Waals surface area contributed by atoms with Gasteiger partial charge in [0.1, 0.15) is 0 Å². The van der Waals surface area contributed by atoms with Gasteiger partial charge in [0.05, 0.1) is 23.2 Å². The van der Waals surface area contributed by atoms with Crippen molar-refractivity contribution in [3.05, 3.63) is 53.3 Å². The summed E-state index contributed by atoms with van der Waals surface area (Å²) in [5, 5.41) is 8.15. The molecule has 0 atom stereocenters. The number of benzene rings is 1. The van der Waals surface area contributed by atoms with Crippen molar-refractivity contribution in [1.82, 2.24) is 24.6 Å².